The van der Waals surface area contributed by atoms with Gasteiger partial charge in [0.2, 0.25) is 0 Å². The molecule has 128 valence electrons. The second-order valence-corrected chi connectivity index (χ2v) is 12.9. The van der Waals surface area contributed by atoms with E-state index in [1.165, 1.54) is 0 Å². The van der Waals surface area contributed by atoms with Crippen LogP contribution in [-0.2, 0) is 27.7 Å². The minimum Gasteiger partial charge on any atom is -0.408 e. The fraction of sp³-hybridized carbons (Fsp3) is 1.00. The Morgan fingerprint density at radius 2 is 1.23 bits per heavy atom. The van der Waals surface area contributed by atoms with Crippen LogP contribution < -0.4 is 0 Å². The third kappa shape index (κ3) is 2.73. The molecule has 4 fully saturated rings. The molecule has 0 aromatic rings. The third-order valence-corrected chi connectivity index (χ3v) is 10.4. The first kappa shape index (κ1) is 17.7. The van der Waals surface area contributed by atoms with Gasteiger partial charge >= 0.3 is 0 Å². The van der Waals surface area contributed by atoms with E-state index >= 15 is 0 Å². The van der Waals surface area contributed by atoms with E-state index in [9.17, 15) is 0 Å². The molecule has 0 amide bonds. The van der Waals surface area contributed by atoms with E-state index in [0.29, 0.717) is 0 Å². The molecule has 0 radical (unpaired) electrons. The molecule has 4 rings (SSSR count). The average molecular weight is 368 g/mol. The van der Waals surface area contributed by atoms with Crippen molar-refractivity contribution < 1.29 is 27.7 Å². The second-order valence-electron chi connectivity index (χ2n) is 7.63. The van der Waals surface area contributed by atoms with E-state index < -0.39 is 14.8 Å². The fourth-order valence-corrected chi connectivity index (χ4v) is 4.95. The predicted octanol–water partition coefficient (Wildman–Crippen LogP) is 2.21. The topological polar surface area (TPSA) is 55.4 Å². The largest absolute Gasteiger partial charge is 0.408 e. The zero-order valence-electron chi connectivity index (χ0n) is 13.6. The van der Waals surface area contributed by atoms with Crippen LogP contribution in [0.1, 0.15) is 20.8 Å². The van der Waals surface area contributed by atoms with Crippen LogP contribution in [0.15, 0.2) is 0 Å². The quantitative estimate of drug-likeness (QED) is 0.560. The maximum absolute atomic E-state index is 6.60. The minimum absolute atomic E-state index is 0.104. The van der Waals surface area contributed by atoms with Crippen molar-refractivity contribution in [2.75, 3.05) is 0 Å². The van der Waals surface area contributed by atoms with E-state index in [2.05, 4.69) is 52.8 Å². The molecule has 3 heterocycles. The van der Waals surface area contributed by atoms with Gasteiger partial charge < -0.3 is 27.7 Å². The van der Waals surface area contributed by atoms with Crippen molar-refractivity contribution in [1.29, 1.82) is 0 Å². The van der Waals surface area contributed by atoms with Gasteiger partial charge in [0.15, 0.2) is 8.32 Å². The molecule has 4 aliphatic rings. The molecule has 0 aromatic heterocycles. The van der Waals surface area contributed by atoms with E-state index in [4.69, 9.17) is 27.7 Å². The van der Waals surface area contributed by atoms with E-state index in [1.54, 1.807) is 0 Å². The lowest BCUT2D eigenvalue weighted by Crippen LogP contribution is -2.76. The van der Waals surface area contributed by atoms with Crippen LogP contribution >= 0.6 is 18.9 Å². The molecular formula is C13H26O6P2Si. The van der Waals surface area contributed by atoms with E-state index in [1.807, 2.05) is 0 Å². The van der Waals surface area contributed by atoms with Gasteiger partial charge in [-0.25, -0.2) is 0 Å². The van der Waals surface area contributed by atoms with Gasteiger partial charge in [0.25, 0.3) is 6.48 Å². The van der Waals surface area contributed by atoms with Gasteiger partial charge in [-0.3, -0.25) is 0 Å². The summed E-state index contributed by atoms with van der Waals surface area (Å²) in [7, 11) is 2.63. The fourth-order valence-electron chi connectivity index (χ4n) is 3.03. The standard InChI is InChI=1S/C13H26O6P2Si/c1-13(2,3)22(4,5)19-11-7-9(17-20)6-10(18-21)8(11)16-12(14-6)15-7/h6-12H,20-21H2,1-5H3/t6?,7?,8?,9-,10?,11?,12?/m1/s1. The molecule has 1 aliphatic carbocycles. The normalized spacial score (nSPS) is 44.6. The zero-order valence-corrected chi connectivity index (χ0v) is 17.0. The summed E-state index contributed by atoms with van der Waals surface area (Å²) in [6.07, 6.45) is -1.33. The lowest BCUT2D eigenvalue weighted by molar-refractivity contribution is -0.474. The van der Waals surface area contributed by atoms with Crippen molar-refractivity contribution in [3.63, 3.8) is 0 Å². The van der Waals surface area contributed by atoms with Gasteiger partial charge in [0.1, 0.15) is 36.6 Å². The van der Waals surface area contributed by atoms with Crippen molar-refractivity contribution in [3.8, 4) is 0 Å². The lowest BCUT2D eigenvalue weighted by Gasteiger charge is -2.59. The molecule has 1 saturated carbocycles. The summed E-state index contributed by atoms with van der Waals surface area (Å²) in [5.41, 5.74) is 0. The highest BCUT2D eigenvalue weighted by molar-refractivity contribution is 7.10. The summed E-state index contributed by atoms with van der Waals surface area (Å²) in [6.45, 7) is 10.4. The van der Waals surface area contributed by atoms with Crippen LogP contribution in [0.5, 0.6) is 0 Å². The number of rotatable bonds is 4. The third-order valence-electron chi connectivity index (χ3n) is 5.30. The van der Waals surface area contributed by atoms with Crippen LogP contribution in [0.25, 0.3) is 0 Å². The Balaban J connectivity index is 1.88. The van der Waals surface area contributed by atoms with Crippen molar-refractivity contribution in [1.82, 2.24) is 0 Å². The Hall–Kier alpha value is 0.837. The van der Waals surface area contributed by atoms with Gasteiger partial charge in [-0.15, -0.1) is 0 Å². The molecule has 0 spiro atoms. The summed E-state index contributed by atoms with van der Waals surface area (Å²) < 4.78 is 35.1. The molecule has 22 heavy (non-hydrogen) atoms. The second kappa shape index (κ2) is 5.97. The first-order valence-corrected chi connectivity index (χ1v) is 11.4. The Labute approximate surface area is 137 Å². The first-order chi connectivity index (χ1) is 10.2. The molecule has 0 N–H and O–H groups in total. The van der Waals surface area contributed by atoms with Crippen LogP contribution in [0.3, 0.4) is 0 Å². The van der Waals surface area contributed by atoms with Gasteiger partial charge in [-0.05, 0) is 18.1 Å². The Morgan fingerprint density at radius 3 is 1.59 bits per heavy atom. The van der Waals surface area contributed by atoms with Crippen molar-refractivity contribution >= 4 is 27.3 Å². The molecule has 4 bridgehead atoms. The molecule has 3 saturated heterocycles. The summed E-state index contributed by atoms with van der Waals surface area (Å²) in [5.74, 6) is 0. The molecule has 3 aliphatic heterocycles. The number of ether oxygens (including phenoxy) is 3. The summed E-state index contributed by atoms with van der Waals surface area (Å²) in [4.78, 5) is 0. The maximum Gasteiger partial charge on any atom is 0.272 e. The van der Waals surface area contributed by atoms with Gasteiger partial charge in [-0.2, -0.15) is 0 Å². The monoisotopic (exact) mass is 368 g/mol. The van der Waals surface area contributed by atoms with Gasteiger partial charge in [0, 0.05) is 18.9 Å². The molecule has 8 unspecified atom stereocenters. The smallest absolute Gasteiger partial charge is 0.272 e. The Bertz CT molecular complexity index is 409. The predicted molar refractivity (Wildman–Crippen MR) is 89.6 cm³/mol. The van der Waals surface area contributed by atoms with Crippen LogP contribution in [0, 0.1) is 0 Å². The Kier molecular flexibility index (Phi) is 4.79. The summed E-state index contributed by atoms with van der Waals surface area (Å²) in [5, 5.41) is 0.104. The van der Waals surface area contributed by atoms with Crippen molar-refractivity contribution in [3.05, 3.63) is 0 Å². The summed E-state index contributed by atoms with van der Waals surface area (Å²) in [6, 6.07) is 0. The number of hydrogen-bond acceptors (Lipinski definition) is 6. The average Bonchev–Trinajstić information content (AvgIpc) is 2.41. The SMILES string of the molecule is CC(C)(C)[Si](C)(C)OC1C2OC3OC(C2OP)[C@@H](OP)C1O3. The zero-order chi connectivity index (χ0) is 16.3. The first-order valence-electron chi connectivity index (χ1n) is 7.55. The van der Waals surface area contributed by atoms with Crippen molar-refractivity contribution in [2.45, 2.75) is 82.0 Å². The molecule has 0 aromatic carbocycles. The minimum atomic E-state index is -1.98. The lowest BCUT2D eigenvalue weighted by atomic mass is 9.83. The van der Waals surface area contributed by atoms with Crippen LogP contribution in [0.2, 0.25) is 18.1 Å². The van der Waals surface area contributed by atoms with Crippen LogP contribution in [0.4, 0.5) is 0 Å². The molecule has 9 atom stereocenters. The maximum atomic E-state index is 6.60. The molecule has 6 nitrogen and oxygen atoms in total. The van der Waals surface area contributed by atoms with E-state index in [0.717, 1.165) is 0 Å². The van der Waals surface area contributed by atoms with E-state index in [-0.39, 0.29) is 41.7 Å². The van der Waals surface area contributed by atoms with Crippen LogP contribution in [-0.4, -0.2) is 51.4 Å². The molecule has 9 heteroatoms. The highest BCUT2D eigenvalue weighted by atomic mass is 31.0. The highest BCUT2D eigenvalue weighted by Gasteiger charge is 2.64. The molecular weight excluding hydrogens is 342 g/mol. The van der Waals surface area contributed by atoms with Gasteiger partial charge in [-0.1, -0.05) is 20.8 Å². The summed E-state index contributed by atoms with van der Waals surface area (Å²) >= 11 is 0. The van der Waals surface area contributed by atoms with Gasteiger partial charge in [0.05, 0.1) is 0 Å². The van der Waals surface area contributed by atoms with Crippen molar-refractivity contribution in [2.24, 2.45) is 0 Å². The number of hydrogen-bond donors (Lipinski definition) is 0. The highest BCUT2D eigenvalue weighted by Crippen LogP contribution is 2.47. The Morgan fingerprint density at radius 1 is 0.818 bits per heavy atom.